The SMILES string of the molecule is CC(C)C(=O)Nc1ccc(S(=O)(=O)NCC(O)c2ccc3c(c2)CCN3C)cc1. The van der Waals surface area contributed by atoms with Crippen LogP contribution in [0.4, 0.5) is 11.4 Å². The molecule has 0 spiro atoms. The maximum absolute atomic E-state index is 12.5. The van der Waals surface area contributed by atoms with E-state index in [9.17, 15) is 18.3 Å². The fourth-order valence-electron chi connectivity index (χ4n) is 3.19. The Balaban J connectivity index is 1.63. The largest absolute Gasteiger partial charge is 0.387 e. The molecule has 3 rings (SSSR count). The zero-order chi connectivity index (χ0) is 21.2. The number of anilines is 2. The van der Waals surface area contributed by atoms with Crippen LogP contribution in [0.25, 0.3) is 0 Å². The summed E-state index contributed by atoms with van der Waals surface area (Å²) in [5.41, 5.74) is 3.52. The number of likely N-dealkylation sites (N-methyl/N-ethyl adjacent to an activating group) is 1. The summed E-state index contributed by atoms with van der Waals surface area (Å²) in [4.78, 5) is 13.9. The summed E-state index contributed by atoms with van der Waals surface area (Å²) >= 11 is 0. The smallest absolute Gasteiger partial charge is 0.240 e. The highest BCUT2D eigenvalue weighted by atomic mass is 32.2. The quantitative estimate of drug-likeness (QED) is 0.642. The maximum atomic E-state index is 12.5. The van der Waals surface area contributed by atoms with Gasteiger partial charge in [0.05, 0.1) is 11.0 Å². The van der Waals surface area contributed by atoms with E-state index in [0.29, 0.717) is 11.3 Å². The van der Waals surface area contributed by atoms with Crippen molar-refractivity contribution in [3.8, 4) is 0 Å². The molecule has 29 heavy (non-hydrogen) atoms. The van der Waals surface area contributed by atoms with E-state index in [0.717, 1.165) is 24.2 Å². The summed E-state index contributed by atoms with van der Waals surface area (Å²) in [6.07, 6.45) is -0.0248. The van der Waals surface area contributed by atoms with Gasteiger partial charge in [-0.2, -0.15) is 0 Å². The number of carbonyl (C=O) groups excluding carboxylic acids is 1. The lowest BCUT2D eigenvalue weighted by Gasteiger charge is -2.16. The number of hydrogen-bond donors (Lipinski definition) is 3. The van der Waals surface area contributed by atoms with Gasteiger partial charge in [0.25, 0.3) is 0 Å². The van der Waals surface area contributed by atoms with E-state index in [1.807, 2.05) is 25.2 Å². The van der Waals surface area contributed by atoms with E-state index in [4.69, 9.17) is 0 Å². The molecule has 0 aromatic heterocycles. The Morgan fingerprint density at radius 2 is 1.86 bits per heavy atom. The van der Waals surface area contributed by atoms with E-state index in [-0.39, 0.29) is 23.3 Å². The van der Waals surface area contributed by atoms with Crippen molar-refractivity contribution in [1.82, 2.24) is 4.72 Å². The number of amides is 1. The third-order valence-electron chi connectivity index (χ3n) is 5.04. The van der Waals surface area contributed by atoms with Crippen LogP contribution in [0.5, 0.6) is 0 Å². The number of nitrogens with zero attached hydrogens (tertiary/aromatic N) is 1. The second-order valence-corrected chi connectivity index (χ2v) is 9.36. The highest BCUT2D eigenvalue weighted by molar-refractivity contribution is 7.89. The van der Waals surface area contributed by atoms with Crippen molar-refractivity contribution < 1.29 is 18.3 Å². The predicted molar refractivity (Wildman–Crippen MR) is 113 cm³/mol. The second-order valence-electron chi connectivity index (χ2n) is 7.60. The van der Waals surface area contributed by atoms with Crippen molar-refractivity contribution in [2.45, 2.75) is 31.3 Å². The van der Waals surface area contributed by atoms with Gasteiger partial charge in [-0.3, -0.25) is 4.79 Å². The lowest BCUT2D eigenvalue weighted by molar-refractivity contribution is -0.118. The summed E-state index contributed by atoms with van der Waals surface area (Å²) < 4.78 is 27.5. The van der Waals surface area contributed by atoms with Crippen molar-refractivity contribution in [2.24, 2.45) is 5.92 Å². The molecule has 1 aliphatic heterocycles. The lowest BCUT2D eigenvalue weighted by Crippen LogP contribution is -2.28. The molecule has 8 heteroatoms. The molecule has 156 valence electrons. The van der Waals surface area contributed by atoms with Crippen LogP contribution in [0, 0.1) is 5.92 Å². The number of aliphatic hydroxyl groups excluding tert-OH is 1. The van der Waals surface area contributed by atoms with Crippen molar-refractivity contribution in [3.05, 3.63) is 53.6 Å². The van der Waals surface area contributed by atoms with Gasteiger partial charge < -0.3 is 15.3 Å². The van der Waals surface area contributed by atoms with Crippen LogP contribution in [-0.2, 0) is 21.2 Å². The predicted octanol–water partition coefficient (Wildman–Crippen LogP) is 2.29. The molecule has 0 saturated heterocycles. The van der Waals surface area contributed by atoms with Gasteiger partial charge in [-0.15, -0.1) is 0 Å². The van der Waals surface area contributed by atoms with Gasteiger partial charge in [-0.1, -0.05) is 26.0 Å². The van der Waals surface area contributed by atoms with E-state index < -0.39 is 16.1 Å². The number of fused-ring (bicyclic) bond motifs is 1. The molecular weight excluding hydrogens is 390 g/mol. The zero-order valence-corrected chi connectivity index (χ0v) is 17.7. The van der Waals surface area contributed by atoms with Crippen LogP contribution in [0.3, 0.4) is 0 Å². The third-order valence-corrected chi connectivity index (χ3v) is 6.48. The Morgan fingerprint density at radius 1 is 1.17 bits per heavy atom. The topological polar surface area (TPSA) is 98.7 Å². The number of aliphatic hydroxyl groups is 1. The van der Waals surface area contributed by atoms with Crippen molar-refractivity contribution in [2.75, 3.05) is 30.4 Å². The van der Waals surface area contributed by atoms with Crippen LogP contribution in [0.15, 0.2) is 47.4 Å². The molecule has 1 amide bonds. The molecule has 1 atom stereocenters. The van der Waals surface area contributed by atoms with Gasteiger partial charge in [0.2, 0.25) is 15.9 Å². The lowest BCUT2D eigenvalue weighted by atomic mass is 10.0. The molecule has 1 unspecified atom stereocenters. The highest BCUT2D eigenvalue weighted by Crippen LogP contribution is 2.29. The Morgan fingerprint density at radius 3 is 2.52 bits per heavy atom. The minimum absolute atomic E-state index is 0.0721. The average molecular weight is 418 g/mol. The average Bonchev–Trinajstić information content (AvgIpc) is 3.07. The first-order valence-corrected chi connectivity index (χ1v) is 11.1. The van der Waals surface area contributed by atoms with Crippen LogP contribution < -0.4 is 14.9 Å². The number of nitrogens with one attached hydrogen (secondary N) is 2. The minimum Gasteiger partial charge on any atom is -0.387 e. The number of hydrogen-bond acceptors (Lipinski definition) is 5. The second kappa shape index (κ2) is 8.52. The van der Waals surface area contributed by atoms with Gasteiger partial charge >= 0.3 is 0 Å². The Labute approximate surface area is 171 Å². The molecular formula is C21H27N3O4S. The van der Waals surface area contributed by atoms with E-state index in [1.165, 1.54) is 12.1 Å². The van der Waals surface area contributed by atoms with E-state index >= 15 is 0 Å². The third kappa shape index (κ3) is 4.95. The molecule has 0 bridgehead atoms. The summed E-state index contributed by atoms with van der Waals surface area (Å²) in [6, 6.07) is 11.7. The highest BCUT2D eigenvalue weighted by Gasteiger charge is 2.20. The normalized spacial score (nSPS) is 14.7. The molecule has 1 aliphatic rings. The Bertz CT molecular complexity index is 987. The Hall–Kier alpha value is -2.42. The van der Waals surface area contributed by atoms with E-state index in [1.54, 1.807) is 26.0 Å². The summed E-state index contributed by atoms with van der Waals surface area (Å²) in [5, 5.41) is 13.2. The number of benzene rings is 2. The molecule has 7 nitrogen and oxygen atoms in total. The van der Waals surface area contributed by atoms with Crippen LogP contribution in [0.2, 0.25) is 0 Å². The van der Waals surface area contributed by atoms with Gasteiger partial charge in [-0.05, 0) is 47.9 Å². The molecule has 2 aromatic rings. The first-order valence-electron chi connectivity index (χ1n) is 9.60. The number of carbonyl (C=O) groups is 1. The van der Waals surface area contributed by atoms with Gasteiger partial charge in [-0.25, -0.2) is 13.1 Å². The summed E-state index contributed by atoms with van der Waals surface area (Å²) in [6.45, 7) is 4.38. The fraction of sp³-hybridized carbons (Fsp3) is 0.381. The molecule has 1 heterocycles. The van der Waals surface area contributed by atoms with Gasteiger partial charge in [0, 0.05) is 37.4 Å². The van der Waals surface area contributed by atoms with Crippen molar-refractivity contribution in [3.63, 3.8) is 0 Å². The zero-order valence-electron chi connectivity index (χ0n) is 16.8. The van der Waals surface area contributed by atoms with E-state index in [2.05, 4.69) is 14.9 Å². The summed E-state index contributed by atoms with van der Waals surface area (Å²) in [7, 11) is -1.75. The standard InChI is InChI=1S/C21H27N3O4S/c1-14(2)21(26)23-17-5-7-18(8-6-17)29(27,28)22-13-20(25)16-4-9-19-15(12-16)10-11-24(19)3/h4-9,12,14,20,22,25H,10-11,13H2,1-3H3,(H,23,26). The van der Waals surface area contributed by atoms with Gasteiger partial charge in [0.1, 0.15) is 0 Å². The molecule has 0 radical (unpaired) electrons. The fourth-order valence-corrected chi connectivity index (χ4v) is 4.23. The molecule has 2 aromatic carbocycles. The minimum atomic E-state index is -3.78. The summed E-state index contributed by atoms with van der Waals surface area (Å²) in [5.74, 6) is -0.302. The first-order chi connectivity index (χ1) is 13.7. The maximum Gasteiger partial charge on any atom is 0.240 e. The molecule has 0 saturated carbocycles. The molecule has 0 fully saturated rings. The van der Waals surface area contributed by atoms with Gasteiger partial charge in [0.15, 0.2) is 0 Å². The molecule has 3 N–H and O–H groups in total. The van der Waals surface area contributed by atoms with Crippen molar-refractivity contribution in [1.29, 1.82) is 0 Å². The number of sulfonamides is 1. The van der Waals surface area contributed by atoms with Crippen LogP contribution in [0.1, 0.15) is 31.1 Å². The Kier molecular flexibility index (Phi) is 6.26. The van der Waals surface area contributed by atoms with Crippen molar-refractivity contribution >= 4 is 27.3 Å². The number of rotatable bonds is 7. The monoisotopic (exact) mass is 417 g/mol. The molecule has 0 aliphatic carbocycles. The van der Waals surface area contributed by atoms with Crippen LogP contribution in [-0.4, -0.2) is 39.6 Å². The first kappa shape index (κ1) is 21.3. The van der Waals surface area contributed by atoms with Crippen LogP contribution >= 0.6 is 0 Å².